The molecule has 0 radical (unpaired) electrons. The Bertz CT molecular complexity index is 1410. The van der Waals surface area contributed by atoms with Gasteiger partial charge in [-0.25, -0.2) is 22.5 Å². The standard InChI is InChI=1S/C29H17F4N/c30-22-10-12-24(26(32)16-22)28-14-21(15-29(34-28)25-13-11-23(31)17-27(25)33)20-8-6-19(7-9-20)18-4-2-1-3-5-18/h1-17H. The molecule has 34 heavy (non-hydrogen) atoms. The van der Waals surface area contributed by atoms with E-state index < -0.39 is 23.3 Å². The first-order chi connectivity index (χ1) is 16.5. The highest BCUT2D eigenvalue weighted by Crippen LogP contribution is 2.33. The average molecular weight is 455 g/mol. The van der Waals surface area contributed by atoms with Gasteiger partial charge in [0, 0.05) is 23.3 Å². The van der Waals surface area contributed by atoms with Crippen LogP contribution >= 0.6 is 0 Å². The second-order valence-electron chi connectivity index (χ2n) is 7.82. The first kappa shape index (κ1) is 21.6. The Hall–Kier alpha value is -4.25. The summed E-state index contributed by atoms with van der Waals surface area (Å²) in [5.74, 6) is -2.98. The van der Waals surface area contributed by atoms with Crippen LogP contribution in [0.4, 0.5) is 17.6 Å². The van der Waals surface area contributed by atoms with E-state index in [2.05, 4.69) is 4.98 Å². The predicted molar refractivity (Wildman–Crippen MR) is 126 cm³/mol. The molecule has 0 N–H and O–H groups in total. The highest BCUT2D eigenvalue weighted by atomic mass is 19.1. The van der Waals surface area contributed by atoms with Gasteiger partial charge in [0.15, 0.2) is 0 Å². The molecule has 0 amide bonds. The summed E-state index contributed by atoms with van der Waals surface area (Å²) in [6.45, 7) is 0. The minimum absolute atomic E-state index is 0.0768. The zero-order valence-corrected chi connectivity index (χ0v) is 17.8. The Balaban J connectivity index is 1.65. The third-order valence-electron chi connectivity index (χ3n) is 5.56. The molecular formula is C29H17F4N. The lowest BCUT2D eigenvalue weighted by molar-refractivity contribution is 0.585. The number of halogens is 4. The van der Waals surface area contributed by atoms with Crippen molar-refractivity contribution in [1.82, 2.24) is 4.98 Å². The summed E-state index contributed by atoms with van der Waals surface area (Å²) in [6, 6.07) is 27.4. The minimum atomic E-state index is -0.783. The van der Waals surface area contributed by atoms with E-state index in [1.807, 2.05) is 54.6 Å². The van der Waals surface area contributed by atoms with Gasteiger partial charge in [0.05, 0.1) is 11.4 Å². The molecule has 0 saturated carbocycles. The third-order valence-corrected chi connectivity index (χ3v) is 5.56. The Morgan fingerprint density at radius 3 is 1.32 bits per heavy atom. The molecule has 0 aliphatic rings. The molecule has 1 nitrogen and oxygen atoms in total. The maximum atomic E-state index is 14.6. The Kier molecular flexibility index (Phi) is 5.68. The number of pyridine rings is 1. The minimum Gasteiger partial charge on any atom is -0.248 e. The average Bonchev–Trinajstić information content (AvgIpc) is 2.84. The molecule has 5 rings (SSSR count). The quantitative estimate of drug-likeness (QED) is 0.248. The van der Waals surface area contributed by atoms with Gasteiger partial charge in [0.25, 0.3) is 0 Å². The summed E-state index contributed by atoms with van der Waals surface area (Å²) in [5.41, 5.74) is 4.11. The molecule has 4 aromatic carbocycles. The second-order valence-corrected chi connectivity index (χ2v) is 7.82. The number of hydrogen-bond acceptors (Lipinski definition) is 1. The van der Waals surface area contributed by atoms with Crippen molar-refractivity contribution in [2.75, 3.05) is 0 Å². The predicted octanol–water partition coefficient (Wildman–Crippen LogP) is 8.31. The van der Waals surface area contributed by atoms with E-state index >= 15 is 0 Å². The van der Waals surface area contributed by atoms with E-state index in [4.69, 9.17) is 0 Å². The molecule has 0 atom stereocenters. The van der Waals surface area contributed by atoms with Crippen LogP contribution in [0, 0.1) is 23.3 Å². The highest BCUT2D eigenvalue weighted by molar-refractivity contribution is 5.78. The van der Waals surface area contributed by atoms with E-state index in [0.717, 1.165) is 41.0 Å². The van der Waals surface area contributed by atoms with Crippen molar-refractivity contribution >= 4 is 0 Å². The van der Waals surface area contributed by atoms with Crippen LogP contribution in [0.2, 0.25) is 0 Å². The fourth-order valence-electron chi connectivity index (χ4n) is 3.85. The summed E-state index contributed by atoms with van der Waals surface area (Å²) in [6.07, 6.45) is 0. The molecule has 0 bridgehead atoms. The molecule has 0 fully saturated rings. The van der Waals surface area contributed by atoms with Gasteiger partial charge in [-0.15, -0.1) is 0 Å². The van der Waals surface area contributed by atoms with Gasteiger partial charge in [-0.3, -0.25) is 0 Å². The van der Waals surface area contributed by atoms with E-state index in [0.29, 0.717) is 5.56 Å². The van der Waals surface area contributed by atoms with Crippen LogP contribution in [0.25, 0.3) is 44.8 Å². The van der Waals surface area contributed by atoms with Gasteiger partial charge in [0.1, 0.15) is 23.3 Å². The van der Waals surface area contributed by atoms with Crippen LogP contribution in [0.15, 0.2) is 103 Å². The molecule has 5 heteroatoms. The van der Waals surface area contributed by atoms with E-state index in [9.17, 15) is 17.6 Å². The lowest BCUT2D eigenvalue weighted by Gasteiger charge is -2.12. The molecule has 0 spiro atoms. The Labute approximate surface area is 194 Å². The molecule has 1 heterocycles. The smallest absolute Gasteiger partial charge is 0.135 e. The van der Waals surface area contributed by atoms with Crippen LogP contribution < -0.4 is 0 Å². The van der Waals surface area contributed by atoms with Crippen LogP contribution in [0.5, 0.6) is 0 Å². The normalized spacial score (nSPS) is 10.9. The first-order valence-corrected chi connectivity index (χ1v) is 10.6. The molecule has 0 saturated heterocycles. The molecular weight excluding hydrogens is 438 g/mol. The number of benzene rings is 4. The topological polar surface area (TPSA) is 12.9 Å². The number of rotatable bonds is 4. The fraction of sp³-hybridized carbons (Fsp3) is 0. The van der Waals surface area contributed by atoms with Gasteiger partial charge < -0.3 is 0 Å². The first-order valence-electron chi connectivity index (χ1n) is 10.6. The summed E-state index contributed by atoms with van der Waals surface area (Å²) >= 11 is 0. The van der Waals surface area contributed by atoms with Crippen molar-refractivity contribution in [2.45, 2.75) is 0 Å². The molecule has 1 aromatic heterocycles. The van der Waals surface area contributed by atoms with Crippen LogP contribution in [-0.4, -0.2) is 4.98 Å². The summed E-state index contributed by atoms with van der Waals surface area (Å²) in [5, 5.41) is 0. The van der Waals surface area contributed by atoms with Crippen LogP contribution in [0.3, 0.4) is 0 Å². The van der Waals surface area contributed by atoms with Crippen molar-refractivity contribution in [3.05, 3.63) is 126 Å². The lowest BCUT2D eigenvalue weighted by Crippen LogP contribution is -1.96. The van der Waals surface area contributed by atoms with Crippen molar-refractivity contribution in [3.63, 3.8) is 0 Å². The van der Waals surface area contributed by atoms with E-state index in [1.54, 1.807) is 12.1 Å². The van der Waals surface area contributed by atoms with Crippen molar-refractivity contribution < 1.29 is 17.6 Å². The maximum Gasteiger partial charge on any atom is 0.135 e. The molecule has 0 aliphatic heterocycles. The zero-order valence-electron chi connectivity index (χ0n) is 17.8. The Morgan fingerprint density at radius 2 is 0.853 bits per heavy atom. The van der Waals surface area contributed by atoms with Gasteiger partial charge >= 0.3 is 0 Å². The number of hydrogen-bond donors (Lipinski definition) is 0. The van der Waals surface area contributed by atoms with Crippen molar-refractivity contribution in [3.8, 4) is 44.8 Å². The van der Waals surface area contributed by atoms with Gasteiger partial charge in [-0.2, -0.15) is 0 Å². The van der Waals surface area contributed by atoms with Crippen molar-refractivity contribution in [2.24, 2.45) is 0 Å². The van der Waals surface area contributed by atoms with Gasteiger partial charge in [0.2, 0.25) is 0 Å². The Morgan fingerprint density at radius 1 is 0.412 bits per heavy atom. The lowest BCUT2D eigenvalue weighted by atomic mass is 9.97. The molecule has 166 valence electrons. The number of nitrogens with zero attached hydrogens (tertiary/aromatic N) is 1. The summed E-state index contributed by atoms with van der Waals surface area (Å²) in [4.78, 5) is 4.42. The van der Waals surface area contributed by atoms with Gasteiger partial charge in [-0.05, 0) is 58.7 Å². The molecule has 5 aromatic rings. The SMILES string of the molecule is Fc1ccc(-c2cc(-c3ccc(-c4ccccc4)cc3)cc(-c3ccc(F)cc3F)n2)c(F)c1. The molecule has 0 unspecified atom stereocenters. The van der Waals surface area contributed by atoms with Gasteiger partial charge in [-0.1, -0.05) is 54.6 Å². The van der Waals surface area contributed by atoms with Crippen LogP contribution in [0.1, 0.15) is 0 Å². The summed E-state index contributed by atoms with van der Waals surface area (Å²) < 4.78 is 56.1. The largest absolute Gasteiger partial charge is 0.248 e. The van der Waals surface area contributed by atoms with E-state index in [-0.39, 0.29) is 22.5 Å². The highest BCUT2D eigenvalue weighted by Gasteiger charge is 2.15. The maximum absolute atomic E-state index is 14.6. The fourth-order valence-corrected chi connectivity index (χ4v) is 3.85. The van der Waals surface area contributed by atoms with Crippen molar-refractivity contribution in [1.29, 1.82) is 0 Å². The number of aromatic nitrogens is 1. The summed E-state index contributed by atoms with van der Waals surface area (Å²) in [7, 11) is 0. The van der Waals surface area contributed by atoms with Crippen LogP contribution in [-0.2, 0) is 0 Å². The zero-order chi connectivity index (χ0) is 23.7. The second kappa shape index (κ2) is 8.94. The van der Waals surface area contributed by atoms with E-state index in [1.165, 1.54) is 12.1 Å². The monoisotopic (exact) mass is 455 g/mol. The third kappa shape index (κ3) is 4.33. The molecule has 0 aliphatic carbocycles.